The minimum Gasteiger partial charge on any atom is -0.497 e. The monoisotopic (exact) mass is 540 g/mol. The molecule has 1 saturated heterocycles. The first kappa shape index (κ1) is 26.5. The van der Waals surface area contributed by atoms with Crippen LogP contribution in [0.2, 0.25) is 0 Å². The van der Waals surface area contributed by atoms with Gasteiger partial charge < -0.3 is 19.5 Å². The summed E-state index contributed by atoms with van der Waals surface area (Å²) < 4.78 is 60.7. The standard InChI is InChI=1S/C28H28F4N6O/c1-33-25-24(19-5-4-6-20(13-19)39-3)27(35-16-34-25)38-11-9-17(10-12-38)26-36-23(15-37(26)2)18-7-8-22(29)21(14-18)28(30,31)32/h4-8,13-17H,9-12H2,1-3H3,(H,33,34,35). The van der Waals surface area contributed by atoms with E-state index in [0.717, 1.165) is 53.5 Å². The molecule has 0 radical (unpaired) electrons. The van der Waals surface area contributed by atoms with Gasteiger partial charge in [-0.25, -0.2) is 19.3 Å². The number of ether oxygens (including phenoxy) is 1. The summed E-state index contributed by atoms with van der Waals surface area (Å²) in [7, 11) is 5.27. The van der Waals surface area contributed by atoms with Crippen LogP contribution in [-0.4, -0.2) is 46.8 Å². The Morgan fingerprint density at radius 1 is 1.03 bits per heavy atom. The fourth-order valence-corrected chi connectivity index (χ4v) is 5.10. The third-order valence-electron chi connectivity index (χ3n) is 7.06. The van der Waals surface area contributed by atoms with E-state index in [-0.39, 0.29) is 11.5 Å². The molecule has 1 N–H and O–H groups in total. The lowest BCUT2D eigenvalue weighted by Gasteiger charge is -2.34. The van der Waals surface area contributed by atoms with Gasteiger partial charge in [-0.2, -0.15) is 13.2 Å². The van der Waals surface area contributed by atoms with Gasteiger partial charge in [0.05, 0.1) is 23.9 Å². The molecule has 11 heteroatoms. The molecule has 2 aromatic heterocycles. The van der Waals surface area contributed by atoms with Crippen molar-refractivity contribution in [3.05, 3.63) is 72.2 Å². The molecule has 39 heavy (non-hydrogen) atoms. The van der Waals surface area contributed by atoms with E-state index >= 15 is 0 Å². The lowest BCUT2D eigenvalue weighted by atomic mass is 9.95. The van der Waals surface area contributed by atoms with Crippen molar-refractivity contribution in [3.8, 4) is 28.1 Å². The highest BCUT2D eigenvalue weighted by Crippen LogP contribution is 2.39. The number of benzene rings is 2. The van der Waals surface area contributed by atoms with E-state index in [0.29, 0.717) is 24.6 Å². The molecule has 4 aromatic rings. The number of hydrogen-bond acceptors (Lipinski definition) is 6. The lowest BCUT2D eigenvalue weighted by molar-refractivity contribution is -0.139. The topological polar surface area (TPSA) is 68.1 Å². The highest BCUT2D eigenvalue weighted by molar-refractivity contribution is 5.85. The van der Waals surface area contributed by atoms with Crippen LogP contribution in [0.5, 0.6) is 5.75 Å². The molecule has 7 nitrogen and oxygen atoms in total. The molecule has 3 heterocycles. The molecule has 0 saturated carbocycles. The predicted octanol–water partition coefficient (Wildman–Crippen LogP) is 6.14. The molecule has 204 valence electrons. The molecule has 0 atom stereocenters. The van der Waals surface area contributed by atoms with Crippen molar-refractivity contribution >= 4 is 11.6 Å². The van der Waals surface area contributed by atoms with Gasteiger partial charge in [0.2, 0.25) is 0 Å². The molecular formula is C28H28F4N6O. The number of alkyl halides is 3. The van der Waals surface area contributed by atoms with Gasteiger partial charge in [-0.3, -0.25) is 0 Å². The van der Waals surface area contributed by atoms with Gasteiger partial charge in [0, 0.05) is 44.9 Å². The number of hydrogen-bond donors (Lipinski definition) is 1. The SMILES string of the molecule is CNc1ncnc(N2CCC(c3nc(-c4ccc(F)c(C(F)(F)F)c4)cn3C)CC2)c1-c1cccc(OC)c1. The molecule has 1 fully saturated rings. The Bertz CT molecular complexity index is 1480. The molecule has 0 amide bonds. The van der Waals surface area contributed by atoms with E-state index in [1.54, 1.807) is 19.6 Å². The van der Waals surface area contributed by atoms with Crippen LogP contribution in [0, 0.1) is 5.82 Å². The van der Waals surface area contributed by atoms with E-state index in [1.807, 2.05) is 42.9 Å². The Morgan fingerprint density at radius 2 is 1.79 bits per heavy atom. The maximum absolute atomic E-state index is 13.8. The Balaban J connectivity index is 1.38. The van der Waals surface area contributed by atoms with E-state index in [9.17, 15) is 17.6 Å². The maximum Gasteiger partial charge on any atom is 0.419 e. The Labute approximate surface area is 223 Å². The van der Waals surface area contributed by atoms with Crippen LogP contribution < -0.4 is 15.0 Å². The van der Waals surface area contributed by atoms with Gasteiger partial charge in [-0.1, -0.05) is 12.1 Å². The van der Waals surface area contributed by atoms with Gasteiger partial charge >= 0.3 is 6.18 Å². The van der Waals surface area contributed by atoms with Crippen molar-refractivity contribution in [3.63, 3.8) is 0 Å². The van der Waals surface area contributed by atoms with Crippen LogP contribution in [0.1, 0.15) is 30.1 Å². The fourth-order valence-electron chi connectivity index (χ4n) is 5.10. The zero-order valence-corrected chi connectivity index (χ0v) is 21.8. The number of imidazole rings is 1. The largest absolute Gasteiger partial charge is 0.497 e. The second kappa shape index (κ2) is 10.5. The quantitative estimate of drug-likeness (QED) is 0.297. The summed E-state index contributed by atoms with van der Waals surface area (Å²) in [5.41, 5.74) is 1.14. The maximum atomic E-state index is 13.8. The first-order valence-electron chi connectivity index (χ1n) is 12.5. The third kappa shape index (κ3) is 5.25. The minimum atomic E-state index is -4.78. The van der Waals surface area contributed by atoms with Gasteiger partial charge in [0.15, 0.2) is 0 Å². The van der Waals surface area contributed by atoms with Crippen LogP contribution in [-0.2, 0) is 13.2 Å². The summed E-state index contributed by atoms with van der Waals surface area (Å²) >= 11 is 0. The molecule has 0 unspecified atom stereocenters. The zero-order valence-electron chi connectivity index (χ0n) is 21.8. The van der Waals surface area contributed by atoms with Crippen molar-refractivity contribution in [1.82, 2.24) is 19.5 Å². The number of anilines is 2. The van der Waals surface area contributed by atoms with Gasteiger partial charge in [0.25, 0.3) is 0 Å². The molecule has 2 aromatic carbocycles. The average molecular weight is 541 g/mol. The Kier molecular flexibility index (Phi) is 7.16. The fraction of sp³-hybridized carbons (Fsp3) is 0.321. The van der Waals surface area contributed by atoms with E-state index in [2.05, 4.69) is 25.2 Å². The average Bonchev–Trinajstić information content (AvgIpc) is 3.33. The van der Waals surface area contributed by atoms with Crippen molar-refractivity contribution in [1.29, 1.82) is 0 Å². The normalized spacial score (nSPS) is 14.5. The highest BCUT2D eigenvalue weighted by Gasteiger charge is 2.34. The van der Waals surface area contributed by atoms with Crippen molar-refractivity contribution < 1.29 is 22.3 Å². The highest BCUT2D eigenvalue weighted by atomic mass is 19.4. The van der Waals surface area contributed by atoms with Crippen molar-refractivity contribution in [2.24, 2.45) is 7.05 Å². The second-order valence-corrected chi connectivity index (χ2v) is 9.45. The number of piperidine rings is 1. The van der Waals surface area contributed by atoms with Crippen molar-refractivity contribution in [2.75, 3.05) is 37.5 Å². The number of aromatic nitrogens is 4. The summed E-state index contributed by atoms with van der Waals surface area (Å²) in [4.78, 5) is 15.9. The van der Waals surface area contributed by atoms with Gasteiger partial charge in [0.1, 0.15) is 35.4 Å². The number of aryl methyl sites for hydroxylation is 1. The van der Waals surface area contributed by atoms with Crippen LogP contribution in [0.15, 0.2) is 55.0 Å². The number of nitrogens with zero attached hydrogens (tertiary/aromatic N) is 5. The van der Waals surface area contributed by atoms with Gasteiger partial charge in [-0.15, -0.1) is 0 Å². The van der Waals surface area contributed by atoms with Crippen molar-refractivity contribution in [2.45, 2.75) is 24.9 Å². The first-order chi connectivity index (χ1) is 18.7. The minimum absolute atomic E-state index is 0.105. The predicted molar refractivity (Wildman–Crippen MR) is 141 cm³/mol. The first-order valence-corrected chi connectivity index (χ1v) is 12.5. The molecule has 1 aliphatic heterocycles. The Morgan fingerprint density at radius 3 is 2.49 bits per heavy atom. The summed E-state index contributed by atoms with van der Waals surface area (Å²) in [6.07, 6.45) is 0.0117. The summed E-state index contributed by atoms with van der Waals surface area (Å²) in [5.74, 6) is 1.85. The van der Waals surface area contributed by atoms with Gasteiger partial charge in [-0.05, 0) is 48.7 Å². The van der Waals surface area contributed by atoms with Crippen LogP contribution in [0.4, 0.5) is 29.2 Å². The molecule has 0 aliphatic carbocycles. The third-order valence-corrected chi connectivity index (χ3v) is 7.06. The number of halogens is 4. The van der Waals surface area contributed by atoms with Crippen LogP contribution in [0.3, 0.4) is 0 Å². The Hall–Kier alpha value is -4.15. The van der Waals surface area contributed by atoms with E-state index in [4.69, 9.17) is 4.74 Å². The number of methoxy groups -OCH3 is 1. The summed E-state index contributed by atoms with van der Waals surface area (Å²) in [6, 6.07) is 10.7. The lowest BCUT2D eigenvalue weighted by Crippen LogP contribution is -2.34. The molecule has 1 aliphatic rings. The van der Waals surface area contributed by atoms with E-state index < -0.39 is 17.6 Å². The number of nitrogens with one attached hydrogen (secondary N) is 1. The zero-order chi connectivity index (χ0) is 27.7. The van der Waals surface area contributed by atoms with Crippen LogP contribution >= 0.6 is 0 Å². The molecular weight excluding hydrogens is 512 g/mol. The molecule has 0 spiro atoms. The number of rotatable bonds is 6. The molecule has 5 rings (SSSR count). The smallest absolute Gasteiger partial charge is 0.419 e. The summed E-state index contributed by atoms with van der Waals surface area (Å²) in [6.45, 7) is 1.41. The molecule has 0 bridgehead atoms. The second-order valence-electron chi connectivity index (χ2n) is 9.45. The van der Waals surface area contributed by atoms with Crippen LogP contribution in [0.25, 0.3) is 22.4 Å². The summed E-state index contributed by atoms with van der Waals surface area (Å²) in [5, 5.41) is 3.16. The van der Waals surface area contributed by atoms with E-state index in [1.165, 1.54) is 6.07 Å².